The summed E-state index contributed by atoms with van der Waals surface area (Å²) in [4.78, 5) is 22.7. The van der Waals surface area contributed by atoms with E-state index in [4.69, 9.17) is 9.47 Å². The number of pyridine rings is 1. The third-order valence-electron chi connectivity index (χ3n) is 6.31. The molecule has 0 bridgehead atoms. The maximum absolute atomic E-state index is 14.2. The Labute approximate surface area is 197 Å². The zero-order chi connectivity index (χ0) is 23.7. The van der Waals surface area contributed by atoms with Gasteiger partial charge in [-0.15, -0.1) is 0 Å². The van der Waals surface area contributed by atoms with Crippen LogP contribution in [-0.4, -0.2) is 66.8 Å². The average molecular weight is 466 g/mol. The first-order valence-corrected chi connectivity index (χ1v) is 11.4. The van der Waals surface area contributed by atoms with Gasteiger partial charge in [0, 0.05) is 54.8 Å². The Bertz CT molecular complexity index is 1210. The molecule has 1 aromatic carbocycles. The molecule has 34 heavy (non-hydrogen) atoms. The Morgan fingerprint density at radius 2 is 2.24 bits per heavy atom. The van der Waals surface area contributed by atoms with E-state index in [9.17, 15) is 9.18 Å². The summed E-state index contributed by atoms with van der Waals surface area (Å²) in [5.74, 6) is 0.0959. The zero-order valence-electron chi connectivity index (χ0n) is 19.3. The number of carbonyl (C=O) groups is 1. The van der Waals surface area contributed by atoms with Crippen LogP contribution in [0, 0.1) is 12.7 Å². The van der Waals surface area contributed by atoms with Crippen molar-refractivity contribution in [2.24, 2.45) is 0 Å². The van der Waals surface area contributed by atoms with Gasteiger partial charge in [-0.1, -0.05) is 6.07 Å². The number of aromatic nitrogens is 2. The summed E-state index contributed by atoms with van der Waals surface area (Å²) in [6, 6.07) is 6.71. The zero-order valence-corrected chi connectivity index (χ0v) is 19.3. The number of fused-ring (bicyclic) bond motifs is 1. The lowest BCUT2D eigenvalue weighted by Crippen LogP contribution is -2.42. The van der Waals surface area contributed by atoms with Crippen molar-refractivity contribution in [3.8, 4) is 17.0 Å². The number of hydrogen-bond acceptors (Lipinski definition) is 6. The van der Waals surface area contributed by atoms with Crippen molar-refractivity contribution in [1.29, 1.82) is 0 Å². The van der Waals surface area contributed by atoms with Gasteiger partial charge in [0.05, 0.1) is 29.7 Å². The second kappa shape index (κ2) is 9.44. The fourth-order valence-electron chi connectivity index (χ4n) is 4.44. The molecule has 0 saturated carbocycles. The first kappa shape index (κ1) is 22.4. The molecule has 0 spiro atoms. The quantitative estimate of drug-likeness (QED) is 0.518. The summed E-state index contributed by atoms with van der Waals surface area (Å²) in [5.41, 5.74) is 4.48. The van der Waals surface area contributed by atoms with E-state index in [2.05, 4.69) is 32.5 Å². The van der Waals surface area contributed by atoms with Crippen molar-refractivity contribution in [2.75, 3.05) is 45.2 Å². The molecule has 178 valence electrons. The van der Waals surface area contributed by atoms with Crippen molar-refractivity contribution >= 4 is 17.3 Å². The predicted octanol–water partition coefficient (Wildman–Crippen LogP) is 3.26. The second-order valence-corrected chi connectivity index (χ2v) is 8.71. The van der Waals surface area contributed by atoms with E-state index in [1.807, 2.05) is 6.07 Å². The maximum atomic E-state index is 14.2. The Morgan fingerprint density at radius 1 is 1.35 bits per heavy atom. The molecule has 4 heterocycles. The lowest BCUT2D eigenvalue weighted by molar-refractivity contribution is -0.0403. The van der Waals surface area contributed by atoms with Crippen LogP contribution in [-0.2, 0) is 11.2 Å². The molecule has 3 aromatic rings. The van der Waals surface area contributed by atoms with E-state index in [1.54, 1.807) is 31.5 Å². The van der Waals surface area contributed by atoms with Gasteiger partial charge in [-0.05, 0) is 32.2 Å². The highest BCUT2D eigenvalue weighted by Crippen LogP contribution is 2.40. The van der Waals surface area contributed by atoms with Crippen molar-refractivity contribution < 1.29 is 18.7 Å². The smallest absolute Gasteiger partial charge is 0.255 e. The lowest BCUT2D eigenvalue weighted by Gasteiger charge is -2.30. The molecule has 0 unspecified atom stereocenters. The molecule has 5 rings (SSSR count). The Morgan fingerprint density at radius 3 is 3.09 bits per heavy atom. The number of aromatic amines is 1. The summed E-state index contributed by atoms with van der Waals surface area (Å²) in [6.07, 6.45) is 3.98. The predicted molar refractivity (Wildman–Crippen MR) is 127 cm³/mol. The molecule has 2 aliphatic heterocycles. The van der Waals surface area contributed by atoms with Crippen molar-refractivity contribution in [1.82, 2.24) is 20.2 Å². The van der Waals surface area contributed by atoms with Crippen LogP contribution in [0.5, 0.6) is 5.75 Å². The highest BCUT2D eigenvalue weighted by molar-refractivity contribution is 6.06. The van der Waals surface area contributed by atoms with Crippen molar-refractivity contribution in [2.45, 2.75) is 19.4 Å². The number of ether oxygens (including phenoxy) is 2. The fraction of sp³-hybridized carbons (Fsp3) is 0.360. The molecule has 1 atom stereocenters. The summed E-state index contributed by atoms with van der Waals surface area (Å²) in [6.45, 7) is 5.01. The normalized spacial score (nSPS) is 18.3. The van der Waals surface area contributed by atoms with Gasteiger partial charge in [0.15, 0.2) is 0 Å². The first-order chi connectivity index (χ1) is 16.5. The number of benzene rings is 1. The maximum Gasteiger partial charge on any atom is 0.255 e. The van der Waals surface area contributed by atoms with Gasteiger partial charge in [-0.3, -0.25) is 9.78 Å². The van der Waals surface area contributed by atoms with E-state index in [0.717, 1.165) is 24.3 Å². The van der Waals surface area contributed by atoms with Crippen LogP contribution in [0.15, 0.2) is 36.7 Å². The van der Waals surface area contributed by atoms with Crippen LogP contribution >= 0.6 is 0 Å². The lowest BCUT2D eigenvalue weighted by atomic mass is 10.0. The molecule has 1 amide bonds. The number of amides is 1. The number of morpholine rings is 1. The largest absolute Gasteiger partial charge is 0.488 e. The van der Waals surface area contributed by atoms with Gasteiger partial charge < -0.3 is 30.0 Å². The molecule has 2 aromatic heterocycles. The van der Waals surface area contributed by atoms with Crippen LogP contribution in [0.3, 0.4) is 0 Å². The van der Waals surface area contributed by atoms with E-state index in [-0.39, 0.29) is 17.8 Å². The Hall–Kier alpha value is -3.43. The topological polar surface area (TPSA) is 91.5 Å². The monoisotopic (exact) mass is 465 g/mol. The number of anilines is 2. The standard InChI is InChI=1S/C25H28FN5O3/c1-15-18(26)4-3-5-19(15)29-24-22-20(7-9-28-25(22)32)30-23(24)17-6-8-27-12-21(17)34-14-16-13-31(2)10-11-33-16/h3-6,8,12,16,29-30H,7,9-11,13-14H2,1-2H3,(H,28,32)/t16-/m1/s1. The van der Waals surface area contributed by atoms with Crippen LogP contribution in [0.4, 0.5) is 15.8 Å². The van der Waals surface area contributed by atoms with Gasteiger partial charge in [0.2, 0.25) is 0 Å². The minimum atomic E-state index is -0.314. The summed E-state index contributed by atoms with van der Waals surface area (Å²) in [5, 5.41) is 6.22. The van der Waals surface area contributed by atoms with Crippen molar-refractivity contribution in [3.05, 3.63) is 59.3 Å². The van der Waals surface area contributed by atoms with Crippen LogP contribution in [0.2, 0.25) is 0 Å². The number of carbonyl (C=O) groups excluding carboxylic acids is 1. The van der Waals surface area contributed by atoms with Crippen LogP contribution < -0.4 is 15.4 Å². The van der Waals surface area contributed by atoms with Gasteiger partial charge in [-0.2, -0.15) is 0 Å². The molecule has 2 aliphatic rings. The van der Waals surface area contributed by atoms with Crippen LogP contribution in [0.25, 0.3) is 11.3 Å². The highest BCUT2D eigenvalue weighted by Gasteiger charge is 2.29. The number of nitrogens with zero attached hydrogens (tertiary/aromatic N) is 2. The van der Waals surface area contributed by atoms with Gasteiger partial charge in [0.25, 0.3) is 5.91 Å². The highest BCUT2D eigenvalue weighted by atomic mass is 19.1. The van der Waals surface area contributed by atoms with Crippen molar-refractivity contribution in [3.63, 3.8) is 0 Å². The number of rotatable bonds is 6. The molecule has 9 heteroatoms. The van der Waals surface area contributed by atoms with Crippen LogP contribution in [0.1, 0.15) is 21.6 Å². The number of nitrogens with one attached hydrogen (secondary N) is 3. The van der Waals surface area contributed by atoms with E-state index in [1.165, 1.54) is 6.07 Å². The Balaban J connectivity index is 1.53. The van der Waals surface area contributed by atoms with Gasteiger partial charge >= 0.3 is 0 Å². The molecule has 0 radical (unpaired) electrons. The van der Waals surface area contributed by atoms with E-state index in [0.29, 0.717) is 60.1 Å². The van der Waals surface area contributed by atoms with Gasteiger partial charge in [-0.25, -0.2) is 4.39 Å². The molecule has 1 saturated heterocycles. The number of halogens is 1. The molecule has 0 aliphatic carbocycles. The molecular formula is C25H28FN5O3. The minimum Gasteiger partial charge on any atom is -0.488 e. The fourth-order valence-corrected chi connectivity index (χ4v) is 4.44. The summed E-state index contributed by atoms with van der Waals surface area (Å²) >= 11 is 0. The van der Waals surface area contributed by atoms with E-state index >= 15 is 0 Å². The SMILES string of the molecule is Cc1c(F)cccc1Nc1c(-c2ccncc2OC[C@H]2CN(C)CCO2)[nH]c2c1C(=O)NCC2. The first-order valence-electron chi connectivity index (χ1n) is 11.4. The molecule has 8 nitrogen and oxygen atoms in total. The number of likely N-dealkylation sites (N-methyl/N-ethyl adjacent to an activating group) is 1. The molecular weight excluding hydrogens is 437 g/mol. The molecule has 1 fully saturated rings. The number of hydrogen-bond donors (Lipinski definition) is 3. The Kier molecular flexibility index (Phi) is 6.21. The number of H-pyrrole nitrogens is 1. The second-order valence-electron chi connectivity index (χ2n) is 8.71. The average Bonchev–Trinajstić information content (AvgIpc) is 3.20. The van der Waals surface area contributed by atoms with Gasteiger partial charge in [0.1, 0.15) is 24.3 Å². The van der Waals surface area contributed by atoms with E-state index < -0.39 is 0 Å². The third kappa shape index (κ3) is 4.36. The summed E-state index contributed by atoms with van der Waals surface area (Å²) in [7, 11) is 2.06. The summed E-state index contributed by atoms with van der Waals surface area (Å²) < 4.78 is 26.2. The molecule has 3 N–H and O–H groups in total. The third-order valence-corrected chi connectivity index (χ3v) is 6.31. The minimum absolute atomic E-state index is 0.0398.